The van der Waals surface area contributed by atoms with Gasteiger partial charge in [0.2, 0.25) is 11.0 Å². The zero-order valence-corrected chi connectivity index (χ0v) is 18.2. The Kier molecular flexibility index (Phi) is 7.48. The minimum absolute atomic E-state index is 0.00218. The first-order valence-electron chi connectivity index (χ1n) is 9.29. The standard InChI is InChI=1S/C21H24N4O2S2/c1-14(16-7-5-4-6-8-16)13-22-19(26)15(2)28-21-25-24-20(29-21)23-17-9-11-18(27-3)12-10-17/h4-12,14-15H,13H2,1-3H3,(H,22,26)(H,23,24). The van der Waals surface area contributed by atoms with Gasteiger partial charge < -0.3 is 15.4 Å². The highest BCUT2D eigenvalue weighted by Gasteiger charge is 2.18. The van der Waals surface area contributed by atoms with Crippen LogP contribution in [0.5, 0.6) is 5.75 Å². The van der Waals surface area contributed by atoms with E-state index in [-0.39, 0.29) is 17.1 Å². The molecule has 8 heteroatoms. The summed E-state index contributed by atoms with van der Waals surface area (Å²) in [4.78, 5) is 12.4. The van der Waals surface area contributed by atoms with Gasteiger partial charge in [-0.15, -0.1) is 10.2 Å². The zero-order chi connectivity index (χ0) is 20.6. The van der Waals surface area contributed by atoms with Gasteiger partial charge in [0.15, 0.2) is 4.34 Å². The smallest absolute Gasteiger partial charge is 0.233 e. The van der Waals surface area contributed by atoms with Crippen LogP contribution in [0.15, 0.2) is 58.9 Å². The van der Waals surface area contributed by atoms with Crippen molar-refractivity contribution in [3.63, 3.8) is 0 Å². The SMILES string of the molecule is COc1ccc(Nc2nnc(SC(C)C(=O)NCC(C)c3ccccc3)s2)cc1. The maximum atomic E-state index is 12.4. The van der Waals surface area contributed by atoms with Crippen LogP contribution in [-0.4, -0.2) is 35.0 Å². The lowest BCUT2D eigenvalue weighted by atomic mass is 10.0. The minimum atomic E-state index is -0.250. The fraction of sp³-hybridized carbons (Fsp3) is 0.286. The van der Waals surface area contributed by atoms with Crippen molar-refractivity contribution < 1.29 is 9.53 Å². The molecule has 3 rings (SSSR count). The lowest BCUT2D eigenvalue weighted by Crippen LogP contribution is -2.33. The molecular weight excluding hydrogens is 404 g/mol. The van der Waals surface area contributed by atoms with Crippen LogP contribution in [0.3, 0.4) is 0 Å². The summed E-state index contributed by atoms with van der Waals surface area (Å²) in [5.74, 6) is 1.06. The molecule has 0 aliphatic rings. The van der Waals surface area contributed by atoms with Crippen molar-refractivity contribution in [3.05, 3.63) is 60.2 Å². The number of benzene rings is 2. The third-order valence-corrected chi connectivity index (χ3v) is 6.37. The molecule has 6 nitrogen and oxygen atoms in total. The Bertz CT molecular complexity index is 916. The van der Waals surface area contributed by atoms with Gasteiger partial charge in [0, 0.05) is 12.2 Å². The van der Waals surface area contributed by atoms with Crippen molar-refractivity contribution in [1.82, 2.24) is 15.5 Å². The molecule has 0 bridgehead atoms. The van der Waals surface area contributed by atoms with Gasteiger partial charge >= 0.3 is 0 Å². The van der Waals surface area contributed by atoms with Gasteiger partial charge in [-0.25, -0.2) is 0 Å². The molecule has 1 amide bonds. The van der Waals surface area contributed by atoms with E-state index in [0.29, 0.717) is 11.7 Å². The lowest BCUT2D eigenvalue weighted by molar-refractivity contribution is -0.120. The Hall–Kier alpha value is -2.58. The molecule has 2 N–H and O–H groups in total. The maximum Gasteiger partial charge on any atom is 0.233 e. The van der Waals surface area contributed by atoms with Crippen LogP contribution >= 0.6 is 23.1 Å². The fourth-order valence-electron chi connectivity index (χ4n) is 2.61. The number of ether oxygens (including phenoxy) is 1. The number of carbonyl (C=O) groups is 1. The summed E-state index contributed by atoms with van der Waals surface area (Å²) in [6.07, 6.45) is 0. The van der Waals surface area contributed by atoms with Gasteiger partial charge in [0.1, 0.15) is 5.75 Å². The summed E-state index contributed by atoms with van der Waals surface area (Å²) in [6.45, 7) is 4.59. The summed E-state index contributed by atoms with van der Waals surface area (Å²) >= 11 is 2.83. The second-order valence-electron chi connectivity index (χ2n) is 6.54. The van der Waals surface area contributed by atoms with Crippen molar-refractivity contribution in [1.29, 1.82) is 0 Å². The Morgan fingerprint density at radius 3 is 2.52 bits per heavy atom. The van der Waals surface area contributed by atoms with E-state index in [1.807, 2.05) is 49.4 Å². The minimum Gasteiger partial charge on any atom is -0.497 e. The van der Waals surface area contributed by atoms with Gasteiger partial charge in [-0.1, -0.05) is 60.4 Å². The van der Waals surface area contributed by atoms with Crippen LogP contribution in [0.2, 0.25) is 0 Å². The molecule has 2 unspecified atom stereocenters. The number of carbonyl (C=O) groups excluding carboxylic acids is 1. The van der Waals surface area contributed by atoms with Gasteiger partial charge in [0.05, 0.1) is 12.4 Å². The molecule has 0 spiro atoms. The summed E-state index contributed by atoms with van der Waals surface area (Å²) < 4.78 is 5.90. The highest BCUT2D eigenvalue weighted by atomic mass is 32.2. The quantitative estimate of drug-likeness (QED) is 0.482. The molecule has 2 aromatic carbocycles. The number of hydrogen-bond donors (Lipinski definition) is 2. The van der Waals surface area contributed by atoms with E-state index in [9.17, 15) is 4.79 Å². The van der Waals surface area contributed by atoms with Gasteiger partial charge in [0.25, 0.3) is 0 Å². The van der Waals surface area contributed by atoms with E-state index < -0.39 is 0 Å². The average Bonchev–Trinajstić information content (AvgIpc) is 3.19. The molecule has 2 atom stereocenters. The number of thioether (sulfide) groups is 1. The molecule has 1 heterocycles. The van der Waals surface area contributed by atoms with Crippen molar-refractivity contribution in [2.45, 2.75) is 29.4 Å². The number of amides is 1. The normalized spacial score (nSPS) is 12.8. The summed E-state index contributed by atoms with van der Waals surface area (Å²) in [5, 5.41) is 15.0. The highest BCUT2D eigenvalue weighted by molar-refractivity contribution is 8.02. The highest BCUT2D eigenvalue weighted by Crippen LogP contribution is 2.30. The number of nitrogens with one attached hydrogen (secondary N) is 2. The van der Waals surface area contributed by atoms with Crippen LogP contribution in [0.25, 0.3) is 0 Å². The second kappa shape index (κ2) is 10.3. The van der Waals surface area contributed by atoms with E-state index in [0.717, 1.165) is 15.8 Å². The second-order valence-corrected chi connectivity index (χ2v) is 9.11. The molecular formula is C21H24N4O2S2. The summed E-state index contributed by atoms with van der Waals surface area (Å²) in [6, 6.07) is 17.8. The van der Waals surface area contributed by atoms with Gasteiger partial charge in [-0.05, 0) is 42.7 Å². The Labute approximate surface area is 179 Å². The molecule has 0 saturated carbocycles. The van der Waals surface area contributed by atoms with E-state index >= 15 is 0 Å². The molecule has 152 valence electrons. The molecule has 0 fully saturated rings. The third kappa shape index (κ3) is 6.20. The van der Waals surface area contributed by atoms with Gasteiger partial charge in [-0.2, -0.15) is 0 Å². The van der Waals surface area contributed by atoms with E-state index in [2.05, 4.69) is 39.9 Å². The van der Waals surface area contributed by atoms with Crippen molar-refractivity contribution in [2.24, 2.45) is 0 Å². The Morgan fingerprint density at radius 1 is 1.10 bits per heavy atom. The average molecular weight is 429 g/mol. The van der Waals surface area contributed by atoms with Crippen LogP contribution in [0, 0.1) is 0 Å². The Balaban J connectivity index is 1.48. The van der Waals surface area contributed by atoms with Crippen LogP contribution in [-0.2, 0) is 4.79 Å². The number of nitrogens with zero attached hydrogens (tertiary/aromatic N) is 2. The number of rotatable bonds is 9. The zero-order valence-electron chi connectivity index (χ0n) is 16.6. The van der Waals surface area contributed by atoms with E-state index in [4.69, 9.17) is 4.74 Å². The lowest BCUT2D eigenvalue weighted by Gasteiger charge is -2.15. The first kappa shape index (κ1) is 21.1. The van der Waals surface area contributed by atoms with E-state index in [1.165, 1.54) is 28.7 Å². The van der Waals surface area contributed by atoms with E-state index in [1.54, 1.807) is 7.11 Å². The Morgan fingerprint density at radius 2 is 1.83 bits per heavy atom. The molecule has 0 radical (unpaired) electrons. The van der Waals surface area contributed by atoms with Crippen LogP contribution in [0.4, 0.5) is 10.8 Å². The fourth-order valence-corrected chi connectivity index (χ4v) is 4.55. The van der Waals surface area contributed by atoms with Crippen molar-refractivity contribution in [2.75, 3.05) is 19.0 Å². The van der Waals surface area contributed by atoms with Crippen molar-refractivity contribution >= 4 is 39.8 Å². The summed E-state index contributed by atoms with van der Waals surface area (Å²) in [7, 11) is 1.64. The molecule has 0 saturated heterocycles. The topological polar surface area (TPSA) is 76.1 Å². The van der Waals surface area contributed by atoms with Crippen LogP contribution < -0.4 is 15.4 Å². The predicted octanol–water partition coefficient (Wildman–Crippen LogP) is 4.69. The first-order valence-corrected chi connectivity index (χ1v) is 11.0. The monoisotopic (exact) mass is 428 g/mol. The number of hydrogen-bond acceptors (Lipinski definition) is 7. The number of methoxy groups -OCH3 is 1. The molecule has 1 aromatic heterocycles. The summed E-state index contributed by atoms with van der Waals surface area (Å²) in [5.41, 5.74) is 2.12. The molecule has 0 aliphatic heterocycles. The number of aromatic nitrogens is 2. The largest absolute Gasteiger partial charge is 0.497 e. The third-order valence-electron chi connectivity index (χ3n) is 4.35. The molecule has 3 aromatic rings. The molecule has 29 heavy (non-hydrogen) atoms. The van der Waals surface area contributed by atoms with Crippen molar-refractivity contribution in [3.8, 4) is 5.75 Å². The molecule has 0 aliphatic carbocycles. The van der Waals surface area contributed by atoms with Crippen LogP contribution in [0.1, 0.15) is 25.3 Å². The maximum absolute atomic E-state index is 12.4. The number of anilines is 2. The predicted molar refractivity (Wildman–Crippen MR) is 119 cm³/mol. The first-order chi connectivity index (χ1) is 14.0. The van der Waals surface area contributed by atoms with Gasteiger partial charge in [-0.3, -0.25) is 4.79 Å².